The zero-order valence-corrected chi connectivity index (χ0v) is 17.4. The molecule has 3 amide bonds. The fourth-order valence-corrected chi connectivity index (χ4v) is 2.13. The maximum absolute atomic E-state index is 12.0. The first kappa shape index (κ1) is 24.1. The molecule has 162 valence electrons. The van der Waals surface area contributed by atoms with Crippen LogP contribution in [0, 0.1) is 0 Å². The molecule has 1 rings (SSSR count). The minimum atomic E-state index is -0.687. The van der Waals surface area contributed by atoms with Gasteiger partial charge in [-0.2, -0.15) is 0 Å². The molecule has 1 atom stereocenters. The van der Waals surface area contributed by atoms with Gasteiger partial charge in [0.2, 0.25) is 5.91 Å². The summed E-state index contributed by atoms with van der Waals surface area (Å²) >= 11 is 0. The van der Waals surface area contributed by atoms with Crippen LogP contribution in [-0.4, -0.2) is 54.4 Å². The van der Waals surface area contributed by atoms with Gasteiger partial charge in [-0.15, -0.1) is 0 Å². The van der Waals surface area contributed by atoms with E-state index in [-0.39, 0.29) is 30.5 Å². The lowest BCUT2D eigenvalue weighted by Gasteiger charge is -2.19. The number of carbonyl (C=O) groups is 3. The van der Waals surface area contributed by atoms with Gasteiger partial charge in [0.05, 0.1) is 0 Å². The van der Waals surface area contributed by atoms with Crippen LogP contribution in [0.3, 0.4) is 0 Å². The number of phenolic OH excluding ortho intramolecular Hbond substituents is 1. The van der Waals surface area contributed by atoms with E-state index in [2.05, 4.69) is 16.0 Å². The van der Waals surface area contributed by atoms with E-state index < -0.39 is 17.8 Å². The first-order chi connectivity index (χ1) is 13.6. The van der Waals surface area contributed by atoms with E-state index in [4.69, 9.17) is 9.47 Å². The van der Waals surface area contributed by atoms with Crippen LogP contribution in [0.4, 0.5) is 4.79 Å². The minimum absolute atomic E-state index is 0.122. The van der Waals surface area contributed by atoms with Crippen LogP contribution in [0.5, 0.6) is 11.5 Å². The maximum Gasteiger partial charge on any atom is 0.407 e. The molecule has 1 aromatic carbocycles. The summed E-state index contributed by atoms with van der Waals surface area (Å²) in [7, 11) is 0. The number of nitrogens with one attached hydrogen (secondary N) is 3. The summed E-state index contributed by atoms with van der Waals surface area (Å²) in [6, 6.07) is 6.11. The number of aromatic hydroxyl groups is 1. The molecule has 29 heavy (non-hydrogen) atoms. The SMILES string of the molecule is CC(Oc1ccc(O)cc1)C(=O)NCCCNC(=O)CCNC(=O)OC(C)(C)C. The van der Waals surface area contributed by atoms with Crippen LogP contribution < -0.4 is 20.7 Å². The van der Waals surface area contributed by atoms with Gasteiger partial charge in [-0.25, -0.2) is 4.79 Å². The number of carbonyl (C=O) groups excluding carboxylic acids is 3. The van der Waals surface area contributed by atoms with Crippen molar-refractivity contribution in [2.45, 2.75) is 52.2 Å². The van der Waals surface area contributed by atoms with Crippen LogP contribution in [0.25, 0.3) is 0 Å². The highest BCUT2D eigenvalue weighted by Gasteiger charge is 2.16. The fraction of sp³-hybridized carbons (Fsp3) is 0.550. The van der Waals surface area contributed by atoms with Gasteiger partial charge >= 0.3 is 6.09 Å². The molecule has 4 N–H and O–H groups in total. The van der Waals surface area contributed by atoms with Crippen molar-refractivity contribution in [3.05, 3.63) is 24.3 Å². The van der Waals surface area contributed by atoms with E-state index >= 15 is 0 Å². The number of alkyl carbamates (subject to hydrolysis) is 1. The summed E-state index contributed by atoms with van der Waals surface area (Å²) in [5.74, 6) is 0.136. The third kappa shape index (κ3) is 11.5. The molecular weight excluding hydrogens is 378 g/mol. The summed E-state index contributed by atoms with van der Waals surface area (Å²) in [5.41, 5.74) is -0.580. The normalized spacial score (nSPS) is 11.9. The third-order valence-electron chi connectivity index (χ3n) is 3.51. The molecule has 0 aliphatic rings. The molecule has 0 heterocycles. The average Bonchev–Trinajstić information content (AvgIpc) is 2.61. The second kappa shape index (κ2) is 11.8. The van der Waals surface area contributed by atoms with Crippen LogP contribution >= 0.6 is 0 Å². The Bertz CT molecular complexity index is 670. The van der Waals surface area contributed by atoms with Gasteiger partial charge in [-0.3, -0.25) is 9.59 Å². The Balaban J connectivity index is 2.10. The van der Waals surface area contributed by atoms with Crippen molar-refractivity contribution in [1.29, 1.82) is 0 Å². The van der Waals surface area contributed by atoms with Crippen LogP contribution in [0.15, 0.2) is 24.3 Å². The number of phenols is 1. The molecule has 1 aromatic rings. The van der Waals surface area contributed by atoms with Crippen molar-refractivity contribution in [2.75, 3.05) is 19.6 Å². The number of ether oxygens (including phenoxy) is 2. The number of hydrogen-bond acceptors (Lipinski definition) is 6. The average molecular weight is 409 g/mol. The highest BCUT2D eigenvalue weighted by atomic mass is 16.6. The molecular formula is C20H31N3O6. The fourth-order valence-electron chi connectivity index (χ4n) is 2.13. The third-order valence-corrected chi connectivity index (χ3v) is 3.51. The zero-order chi connectivity index (χ0) is 21.9. The molecule has 0 aliphatic carbocycles. The summed E-state index contributed by atoms with van der Waals surface area (Å²) in [4.78, 5) is 35.2. The largest absolute Gasteiger partial charge is 0.508 e. The molecule has 0 spiro atoms. The van der Waals surface area contributed by atoms with E-state index in [1.54, 1.807) is 39.8 Å². The van der Waals surface area contributed by atoms with Crippen molar-refractivity contribution < 1.29 is 29.0 Å². The molecule has 0 bridgehead atoms. The molecule has 0 radical (unpaired) electrons. The Labute approximate surface area is 171 Å². The van der Waals surface area contributed by atoms with Crippen molar-refractivity contribution >= 4 is 17.9 Å². The Morgan fingerprint density at radius 1 is 1.00 bits per heavy atom. The molecule has 0 aliphatic heterocycles. The van der Waals surface area contributed by atoms with Gasteiger partial charge in [0.25, 0.3) is 5.91 Å². The standard InChI is InChI=1S/C20H31N3O6/c1-14(28-16-8-6-15(24)7-9-16)18(26)22-12-5-11-21-17(25)10-13-23-19(27)29-20(2,3)4/h6-9,14,24H,5,10-13H2,1-4H3,(H,21,25)(H,22,26)(H,23,27). The maximum atomic E-state index is 12.0. The number of amides is 3. The van der Waals surface area contributed by atoms with Crippen LogP contribution in [0.2, 0.25) is 0 Å². The summed E-state index contributed by atoms with van der Waals surface area (Å²) in [5, 5.41) is 17.2. The Kier molecular flexibility index (Phi) is 9.78. The van der Waals surface area contributed by atoms with Gasteiger partial charge < -0.3 is 30.5 Å². The molecule has 0 fully saturated rings. The lowest BCUT2D eigenvalue weighted by Crippen LogP contribution is -2.38. The van der Waals surface area contributed by atoms with Crippen LogP contribution in [0.1, 0.15) is 40.5 Å². The highest BCUT2D eigenvalue weighted by molar-refractivity contribution is 5.80. The van der Waals surface area contributed by atoms with Crippen LogP contribution in [-0.2, 0) is 14.3 Å². The smallest absolute Gasteiger partial charge is 0.407 e. The van der Waals surface area contributed by atoms with E-state index in [0.29, 0.717) is 25.3 Å². The molecule has 9 nitrogen and oxygen atoms in total. The second-order valence-electron chi connectivity index (χ2n) is 7.43. The Morgan fingerprint density at radius 3 is 2.24 bits per heavy atom. The van der Waals surface area contributed by atoms with Gasteiger partial charge in [-0.1, -0.05) is 0 Å². The number of benzene rings is 1. The molecule has 0 aromatic heterocycles. The molecule has 0 saturated heterocycles. The van der Waals surface area contributed by atoms with Crippen molar-refractivity contribution in [2.24, 2.45) is 0 Å². The van der Waals surface area contributed by atoms with Gasteiger partial charge in [0, 0.05) is 26.1 Å². The van der Waals surface area contributed by atoms with Gasteiger partial charge in [-0.05, 0) is 58.4 Å². The predicted octanol–water partition coefficient (Wildman–Crippen LogP) is 1.70. The minimum Gasteiger partial charge on any atom is -0.508 e. The van der Waals surface area contributed by atoms with E-state index in [9.17, 15) is 19.5 Å². The summed E-state index contributed by atoms with van der Waals surface area (Å²) in [6.45, 7) is 7.89. The zero-order valence-electron chi connectivity index (χ0n) is 17.4. The Hall–Kier alpha value is -2.97. The molecule has 9 heteroatoms. The number of rotatable bonds is 10. The lowest BCUT2D eigenvalue weighted by molar-refractivity contribution is -0.127. The molecule has 0 saturated carbocycles. The van der Waals surface area contributed by atoms with E-state index in [0.717, 1.165) is 0 Å². The molecule has 1 unspecified atom stereocenters. The number of hydrogen-bond donors (Lipinski definition) is 4. The first-order valence-electron chi connectivity index (χ1n) is 9.54. The van der Waals surface area contributed by atoms with Crippen molar-refractivity contribution in [3.8, 4) is 11.5 Å². The van der Waals surface area contributed by atoms with E-state index in [1.165, 1.54) is 12.1 Å². The van der Waals surface area contributed by atoms with E-state index in [1.807, 2.05) is 0 Å². The topological polar surface area (TPSA) is 126 Å². The Morgan fingerprint density at radius 2 is 1.62 bits per heavy atom. The predicted molar refractivity (Wildman–Crippen MR) is 108 cm³/mol. The quantitative estimate of drug-likeness (QED) is 0.436. The van der Waals surface area contributed by atoms with Crippen molar-refractivity contribution in [3.63, 3.8) is 0 Å². The summed E-state index contributed by atoms with van der Waals surface area (Å²) in [6.07, 6.45) is -0.545. The monoisotopic (exact) mass is 409 g/mol. The van der Waals surface area contributed by atoms with Crippen molar-refractivity contribution in [1.82, 2.24) is 16.0 Å². The van der Waals surface area contributed by atoms with Gasteiger partial charge in [0.15, 0.2) is 6.10 Å². The first-order valence-corrected chi connectivity index (χ1v) is 9.54. The lowest BCUT2D eigenvalue weighted by atomic mass is 10.2. The highest BCUT2D eigenvalue weighted by Crippen LogP contribution is 2.17. The summed E-state index contributed by atoms with van der Waals surface area (Å²) < 4.78 is 10.6. The second-order valence-corrected chi connectivity index (χ2v) is 7.43. The van der Waals surface area contributed by atoms with Gasteiger partial charge in [0.1, 0.15) is 17.1 Å².